The van der Waals surface area contributed by atoms with Gasteiger partial charge in [-0.05, 0) is 30.2 Å². The van der Waals surface area contributed by atoms with Crippen LogP contribution in [0.3, 0.4) is 0 Å². The molecule has 4 atom stereocenters. The van der Waals surface area contributed by atoms with E-state index in [0.717, 1.165) is 28.1 Å². The van der Waals surface area contributed by atoms with E-state index in [9.17, 15) is 5.11 Å². The molecule has 0 aliphatic carbocycles. The van der Waals surface area contributed by atoms with E-state index in [1.54, 1.807) is 6.26 Å². The molecule has 0 radical (unpaired) electrons. The molecule has 1 fully saturated rings. The monoisotopic (exact) mass is 480 g/mol. The van der Waals surface area contributed by atoms with E-state index in [2.05, 4.69) is 44.3 Å². The fraction of sp³-hybridized carbons (Fsp3) is 0.429. The lowest BCUT2D eigenvalue weighted by molar-refractivity contribution is -0.204. The van der Waals surface area contributed by atoms with Crippen molar-refractivity contribution in [2.45, 2.75) is 70.1 Å². The maximum Gasteiger partial charge on any atom is 0.129 e. The zero-order valence-electron chi connectivity index (χ0n) is 20.4. The molecule has 3 aromatic rings. The Bertz CT molecular complexity index is 1000. The summed E-state index contributed by atoms with van der Waals surface area (Å²) in [7, 11) is -1.92. The Morgan fingerprint density at radius 3 is 2.15 bits per heavy atom. The van der Waals surface area contributed by atoms with E-state index in [1.165, 1.54) is 0 Å². The lowest BCUT2D eigenvalue weighted by atomic mass is 9.95. The Hall–Kier alpha value is -2.22. The number of hydrogen-bond acceptors (Lipinski definition) is 5. The van der Waals surface area contributed by atoms with Gasteiger partial charge in [0.25, 0.3) is 0 Å². The van der Waals surface area contributed by atoms with Gasteiger partial charge in [-0.3, -0.25) is 0 Å². The molecule has 34 heavy (non-hydrogen) atoms. The molecule has 2 aromatic carbocycles. The minimum atomic E-state index is -1.92. The van der Waals surface area contributed by atoms with E-state index in [4.69, 9.17) is 18.6 Å². The van der Waals surface area contributed by atoms with Gasteiger partial charge in [0.15, 0.2) is 0 Å². The molecule has 4 rings (SSSR count). The number of hydrogen-bond donors (Lipinski definition) is 1. The van der Waals surface area contributed by atoms with Gasteiger partial charge in [-0.2, -0.15) is 0 Å². The summed E-state index contributed by atoms with van der Waals surface area (Å²) < 4.78 is 25.4. The predicted molar refractivity (Wildman–Crippen MR) is 136 cm³/mol. The third-order valence-corrected chi connectivity index (χ3v) is 9.75. The molecule has 0 amide bonds. The first-order valence-electron chi connectivity index (χ1n) is 12.1. The summed E-state index contributed by atoms with van der Waals surface area (Å²) >= 11 is 0. The van der Waals surface area contributed by atoms with Crippen LogP contribution in [0.15, 0.2) is 77.4 Å². The first-order valence-corrected chi connectivity index (χ1v) is 15.3. The number of benzene rings is 2. The normalized spacial score (nSPS) is 23.2. The van der Waals surface area contributed by atoms with Crippen LogP contribution in [-0.2, 0) is 27.4 Å². The Labute approximate surface area is 203 Å². The van der Waals surface area contributed by atoms with Crippen LogP contribution < -0.4 is 5.38 Å². The summed E-state index contributed by atoms with van der Waals surface area (Å²) in [6.45, 7) is 7.73. The lowest BCUT2D eigenvalue weighted by Crippen LogP contribution is -2.49. The highest BCUT2D eigenvalue weighted by Crippen LogP contribution is 2.36. The van der Waals surface area contributed by atoms with E-state index in [1.807, 2.05) is 42.5 Å². The van der Waals surface area contributed by atoms with Crippen LogP contribution in [0.25, 0.3) is 0 Å². The number of rotatable bonds is 10. The largest absolute Gasteiger partial charge is 0.474 e. The zero-order chi connectivity index (χ0) is 24.0. The van der Waals surface area contributed by atoms with E-state index < -0.39 is 8.07 Å². The minimum absolute atomic E-state index is 0.122. The van der Waals surface area contributed by atoms with Gasteiger partial charge in [0.05, 0.1) is 43.2 Å². The maximum atomic E-state index is 9.58. The van der Waals surface area contributed by atoms with Crippen LogP contribution in [0.5, 0.6) is 0 Å². The molecule has 1 saturated heterocycles. The van der Waals surface area contributed by atoms with Gasteiger partial charge in [-0.1, -0.05) is 73.8 Å². The van der Waals surface area contributed by atoms with Crippen molar-refractivity contribution in [1.82, 2.24) is 0 Å². The van der Waals surface area contributed by atoms with Crippen molar-refractivity contribution in [3.05, 3.63) is 89.7 Å². The highest BCUT2D eigenvalue weighted by Gasteiger charge is 2.41. The Kier molecular flexibility index (Phi) is 8.40. The van der Waals surface area contributed by atoms with Crippen molar-refractivity contribution >= 4 is 13.5 Å². The number of aliphatic hydroxyl groups excluding tert-OH is 1. The fourth-order valence-electron chi connectivity index (χ4n) is 4.71. The fourth-order valence-corrected chi connectivity index (χ4v) is 6.90. The Balaban J connectivity index is 1.53. The molecule has 182 valence electrons. The molecule has 5 nitrogen and oxygen atoms in total. The number of aliphatic hydroxyl groups is 1. The van der Waals surface area contributed by atoms with Gasteiger partial charge in [-0.25, -0.2) is 0 Å². The average molecular weight is 481 g/mol. The van der Waals surface area contributed by atoms with Gasteiger partial charge in [0.2, 0.25) is 0 Å². The molecule has 0 bridgehead atoms. The third-order valence-electron chi connectivity index (χ3n) is 6.64. The number of ether oxygens (including phenoxy) is 3. The first-order chi connectivity index (χ1) is 16.5. The zero-order valence-corrected chi connectivity index (χ0v) is 21.4. The molecular formula is C28H36O5Si. The summed E-state index contributed by atoms with van der Waals surface area (Å²) in [4.78, 5) is 0. The van der Waals surface area contributed by atoms with Crippen LogP contribution in [-0.4, -0.2) is 38.1 Å². The molecule has 1 aromatic heterocycles. The molecule has 1 aliphatic heterocycles. The third kappa shape index (κ3) is 6.06. The predicted octanol–water partition coefficient (Wildman–Crippen LogP) is 5.21. The molecule has 0 spiro atoms. The lowest BCUT2D eigenvalue weighted by Gasteiger charge is -2.41. The molecule has 2 heterocycles. The highest BCUT2D eigenvalue weighted by molar-refractivity contribution is 6.89. The first kappa shape index (κ1) is 24.9. The second-order valence-corrected chi connectivity index (χ2v) is 14.4. The van der Waals surface area contributed by atoms with Crippen molar-refractivity contribution < 1.29 is 23.7 Å². The molecule has 6 heteroatoms. The van der Waals surface area contributed by atoms with E-state index in [0.29, 0.717) is 19.6 Å². The second-order valence-electron chi connectivity index (χ2n) is 9.72. The maximum absolute atomic E-state index is 9.58. The molecule has 1 N–H and O–H groups in total. The van der Waals surface area contributed by atoms with Gasteiger partial charge < -0.3 is 23.7 Å². The van der Waals surface area contributed by atoms with Crippen LogP contribution >= 0.6 is 0 Å². The minimum Gasteiger partial charge on any atom is -0.474 e. The van der Waals surface area contributed by atoms with Crippen molar-refractivity contribution in [3.8, 4) is 0 Å². The van der Waals surface area contributed by atoms with Crippen LogP contribution in [0.1, 0.15) is 36.1 Å². The molecular weight excluding hydrogens is 444 g/mol. The van der Waals surface area contributed by atoms with Crippen molar-refractivity contribution in [1.29, 1.82) is 0 Å². The smallest absolute Gasteiger partial charge is 0.129 e. The average Bonchev–Trinajstić information content (AvgIpc) is 3.34. The topological polar surface area (TPSA) is 61.1 Å². The highest BCUT2D eigenvalue weighted by atomic mass is 28.3. The van der Waals surface area contributed by atoms with Gasteiger partial charge >= 0.3 is 0 Å². The van der Waals surface area contributed by atoms with Gasteiger partial charge in [0.1, 0.15) is 14.2 Å². The summed E-state index contributed by atoms with van der Waals surface area (Å²) in [6.07, 6.45) is 1.86. The van der Waals surface area contributed by atoms with E-state index in [-0.39, 0.29) is 31.0 Å². The second kappa shape index (κ2) is 11.5. The Morgan fingerprint density at radius 2 is 1.53 bits per heavy atom. The van der Waals surface area contributed by atoms with Crippen molar-refractivity contribution in [3.63, 3.8) is 0 Å². The van der Waals surface area contributed by atoms with Gasteiger partial charge in [-0.15, -0.1) is 0 Å². The number of furan rings is 1. The molecule has 0 saturated carbocycles. The van der Waals surface area contributed by atoms with Crippen LogP contribution in [0.4, 0.5) is 0 Å². The summed E-state index contributed by atoms with van der Waals surface area (Å²) in [6, 6.07) is 23.2. The van der Waals surface area contributed by atoms with Crippen LogP contribution in [0, 0.1) is 0 Å². The van der Waals surface area contributed by atoms with Crippen molar-refractivity contribution in [2.75, 3.05) is 6.61 Å². The summed E-state index contributed by atoms with van der Waals surface area (Å²) in [5.74, 6) is 0. The SMILES string of the molecule is C[C@H]1O[C@@H](c2ccoc2[Si](C)(C)CCO)C[C@@H](OCc2ccccc2)[C@@H]1OCc1ccccc1. The summed E-state index contributed by atoms with van der Waals surface area (Å²) in [5, 5.41) is 10.6. The van der Waals surface area contributed by atoms with E-state index >= 15 is 0 Å². The molecule has 1 aliphatic rings. The standard InChI is InChI=1S/C28H36O5Si/c1-21-27(32-20-23-12-8-5-9-13-23)26(31-19-22-10-6-4-7-11-22)18-25(33-21)24-14-16-30-28(24)34(2,3)17-15-29/h4-14,16,21,25-27,29H,15,17-20H2,1-3H3/t21-,25-,26-,27-/m1/s1. The molecule has 0 unspecified atom stereocenters. The quantitative estimate of drug-likeness (QED) is 0.404. The van der Waals surface area contributed by atoms with Crippen LogP contribution in [0.2, 0.25) is 19.1 Å². The Morgan fingerprint density at radius 1 is 0.912 bits per heavy atom. The van der Waals surface area contributed by atoms with Crippen molar-refractivity contribution in [2.24, 2.45) is 0 Å². The van der Waals surface area contributed by atoms with Gasteiger partial charge in [0, 0.05) is 18.6 Å². The summed E-state index contributed by atoms with van der Waals surface area (Å²) in [5.41, 5.74) is 3.36.